The number of thioether (sulfide) groups is 1. The standard InChI is InChI=1S/C22H35IN7O17P3S/c1-22(2,16(33)19(34)26-4-3-12(31)25-5-6-51-21(23)35)8-44-50(41,42)47-49(39,40)43-7-11-15(46-48(36,37)38)14(32)20(45-11)30-10-29-13-17(24)27-9-28-18(13)30/h9-11,14-16,20,32-33H,3-8H2,1-2H3,(H,25,31)(H,26,34)(H,39,40)(H,41,42)(H2,24,27,28)(H2,36,37,38)/t11-,14-,15-,16+,20-/m1/s1. The normalized spacial score (nSPS) is 22.6. The second kappa shape index (κ2) is 18.1. The van der Waals surface area contributed by atoms with E-state index in [2.05, 4.69) is 34.4 Å². The summed E-state index contributed by atoms with van der Waals surface area (Å²) >= 11 is 2.61. The number of fused-ring (bicyclic) bond motifs is 1. The number of carbonyl (C=O) groups is 3. The second-order valence-electron chi connectivity index (χ2n) is 11.2. The number of aliphatic hydroxyl groups excluding tert-OH is 2. The first-order valence-electron chi connectivity index (χ1n) is 14.2. The number of nitrogen functional groups attached to an aromatic ring is 1. The molecule has 1 saturated heterocycles. The van der Waals surface area contributed by atoms with Crippen LogP contribution >= 0.6 is 57.8 Å². The van der Waals surface area contributed by atoms with Crippen molar-refractivity contribution in [2.75, 3.05) is 37.8 Å². The molecule has 3 heterocycles. The Balaban J connectivity index is 1.55. The molecule has 7 atom stereocenters. The van der Waals surface area contributed by atoms with E-state index in [1.54, 1.807) is 22.6 Å². The first-order valence-corrected chi connectivity index (χ1v) is 20.8. The Bertz CT molecular complexity index is 1720. The molecular formula is C22H35IN7O17P3S. The zero-order valence-electron chi connectivity index (χ0n) is 26.5. The largest absolute Gasteiger partial charge is 0.481 e. The minimum absolute atomic E-state index is 0.0308. The number of nitrogens with zero attached hydrogens (tertiary/aromatic N) is 4. The maximum Gasteiger partial charge on any atom is 0.481 e. The van der Waals surface area contributed by atoms with E-state index in [1.165, 1.54) is 13.8 Å². The first-order chi connectivity index (χ1) is 23.5. The number of aromatic nitrogens is 4. The summed E-state index contributed by atoms with van der Waals surface area (Å²) in [5.74, 6) is -1.10. The number of halogens is 1. The molecule has 0 spiro atoms. The molecule has 288 valence electrons. The van der Waals surface area contributed by atoms with Crippen molar-refractivity contribution >= 4 is 89.7 Å². The summed E-state index contributed by atoms with van der Waals surface area (Å²) in [5.41, 5.74) is 4.26. The van der Waals surface area contributed by atoms with Gasteiger partial charge >= 0.3 is 23.5 Å². The lowest BCUT2D eigenvalue weighted by Gasteiger charge is -2.30. The fourth-order valence-electron chi connectivity index (χ4n) is 4.26. The van der Waals surface area contributed by atoms with Gasteiger partial charge < -0.3 is 50.9 Å². The Morgan fingerprint density at radius 2 is 1.76 bits per heavy atom. The van der Waals surface area contributed by atoms with Crippen LogP contribution in [-0.4, -0.2) is 121 Å². The Kier molecular flexibility index (Phi) is 15.5. The van der Waals surface area contributed by atoms with Crippen LogP contribution in [0, 0.1) is 5.41 Å². The average molecular weight is 921 g/mol. The second-order valence-corrected chi connectivity index (χ2v) is 18.2. The van der Waals surface area contributed by atoms with Crippen LogP contribution in [0.4, 0.5) is 10.6 Å². The predicted octanol–water partition coefficient (Wildman–Crippen LogP) is -0.307. The molecule has 24 nitrogen and oxygen atoms in total. The molecular weight excluding hydrogens is 886 g/mol. The monoisotopic (exact) mass is 921 g/mol. The van der Waals surface area contributed by atoms with Crippen molar-refractivity contribution in [3.63, 3.8) is 0 Å². The number of phosphoric acid groups is 3. The Hall–Kier alpha value is -1.71. The van der Waals surface area contributed by atoms with Gasteiger partial charge in [-0.1, -0.05) is 25.6 Å². The number of hydrogen-bond acceptors (Lipinski definition) is 18. The molecule has 2 aromatic rings. The van der Waals surface area contributed by atoms with E-state index < -0.39 is 84.6 Å². The zero-order chi connectivity index (χ0) is 38.4. The highest BCUT2D eigenvalue weighted by atomic mass is 127. The number of ether oxygens (including phenoxy) is 1. The third-order valence-electron chi connectivity index (χ3n) is 6.72. The number of imidazole rings is 1. The molecule has 0 bridgehead atoms. The van der Waals surface area contributed by atoms with Crippen LogP contribution in [0.2, 0.25) is 0 Å². The Morgan fingerprint density at radius 1 is 1.10 bits per heavy atom. The number of carbonyl (C=O) groups excluding carboxylic acids is 3. The van der Waals surface area contributed by atoms with E-state index in [4.69, 9.17) is 19.5 Å². The number of anilines is 1. The van der Waals surface area contributed by atoms with Gasteiger partial charge in [-0.2, -0.15) is 4.31 Å². The molecule has 10 N–H and O–H groups in total. The van der Waals surface area contributed by atoms with Gasteiger partial charge in [-0.3, -0.25) is 32.5 Å². The van der Waals surface area contributed by atoms with E-state index in [0.29, 0.717) is 5.75 Å². The van der Waals surface area contributed by atoms with Crippen LogP contribution in [0.5, 0.6) is 0 Å². The molecule has 1 fully saturated rings. The molecule has 2 aromatic heterocycles. The lowest BCUT2D eigenvalue weighted by Crippen LogP contribution is -2.46. The van der Waals surface area contributed by atoms with Gasteiger partial charge in [0, 0.05) is 53.3 Å². The summed E-state index contributed by atoms with van der Waals surface area (Å²) in [6.07, 6.45) is -6.88. The maximum atomic E-state index is 12.6. The fourth-order valence-corrected chi connectivity index (χ4v) is 8.12. The maximum absolute atomic E-state index is 12.6. The highest BCUT2D eigenvalue weighted by Gasteiger charge is 2.50. The molecule has 0 saturated carbocycles. The van der Waals surface area contributed by atoms with Crippen molar-refractivity contribution in [3.05, 3.63) is 12.7 Å². The Labute approximate surface area is 306 Å². The molecule has 1 aliphatic heterocycles. The Morgan fingerprint density at radius 3 is 2.41 bits per heavy atom. The number of aliphatic hydroxyl groups is 2. The van der Waals surface area contributed by atoms with Crippen LogP contribution in [0.25, 0.3) is 11.2 Å². The van der Waals surface area contributed by atoms with E-state index in [9.17, 15) is 57.9 Å². The highest BCUT2D eigenvalue weighted by molar-refractivity contribution is 14.1. The highest BCUT2D eigenvalue weighted by Crippen LogP contribution is 2.61. The van der Waals surface area contributed by atoms with Crippen LogP contribution in [0.15, 0.2) is 12.7 Å². The average Bonchev–Trinajstić information content (AvgIpc) is 3.57. The number of rotatable bonds is 19. The van der Waals surface area contributed by atoms with E-state index in [0.717, 1.165) is 29.0 Å². The van der Waals surface area contributed by atoms with Crippen LogP contribution in [-0.2, 0) is 45.9 Å². The number of nitrogens with two attached hydrogens (primary N) is 1. The first kappa shape index (κ1) is 43.7. The van der Waals surface area contributed by atoms with Gasteiger partial charge in [-0.15, -0.1) is 0 Å². The predicted molar refractivity (Wildman–Crippen MR) is 182 cm³/mol. The van der Waals surface area contributed by atoms with Crippen molar-refractivity contribution in [1.82, 2.24) is 30.2 Å². The summed E-state index contributed by atoms with van der Waals surface area (Å²) < 4.78 is 61.7. The van der Waals surface area contributed by atoms with Crippen LogP contribution in [0.3, 0.4) is 0 Å². The molecule has 1 aliphatic rings. The van der Waals surface area contributed by atoms with Crippen molar-refractivity contribution < 1.29 is 80.5 Å². The molecule has 29 heteroatoms. The van der Waals surface area contributed by atoms with E-state index in [-0.39, 0.29) is 39.6 Å². The van der Waals surface area contributed by atoms with Gasteiger partial charge in [0.15, 0.2) is 17.7 Å². The minimum Gasteiger partial charge on any atom is -0.386 e. The van der Waals surface area contributed by atoms with Gasteiger partial charge in [0.1, 0.15) is 36.3 Å². The zero-order valence-corrected chi connectivity index (χ0v) is 32.1. The SMILES string of the molecule is CC(C)(COP(=O)(O)OP(=O)(O)OC[C@H]1O[C@@H](n2cnc3c(N)ncnc32)[C@H](O)[C@@H]1OP(=O)(O)O)[C@@H](O)C(=O)NCCC(=O)NCCSC(=O)I. The molecule has 0 radical (unpaired) electrons. The van der Waals surface area contributed by atoms with Gasteiger partial charge in [-0.25, -0.2) is 28.6 Å². The third-order valence-corrected chi connectivity index (χ3v) is 11.4. The van der Waals surface area contributed by atoms with Gasteiger partial charge in [-0.05, 0) is 0 Å². The molecule has 2 unspecified atom stereocenters. The number of amides is 2. The van der Waals surface area contributed by atoms with Gasteiger partial charge in [0.2, 0.25) is 14.9 Å². The molecule has 2 amide bonds. The fraction of sp³-hybridized carbons (Fsp3) is 0.636. The molecule has 3 rings (SSSR count). The van der Waals surface area contributed by atoms with Crippen molar-refractivity contribution in [3.8, 4) is 0 Å². The molecule has 0 aromatic carbocycles. The molecule has 0 aliphatic carbocycles. The number of nitrogens with one attached hydrogen (secondary N) is 2. The van der Waals surface area contributed by atoms with E-state index >= 15 is 0 Å². The van der Waals surface area contributed by atoms with Crippen molar-refractivity contribution in [2.24, 2.45) is 5.41 Å². The minimum atomic E-state index is -5.56. The summed E-state index contributed by atoms with van der Waals surface area (Å²) in [6, 6.07) is 0. The lowest BCUT2D eigenvalue weighted by atomic mass is 9.87. The summed E-state index contributed by atoms with van der Waals surface area (Å²) in [5, 5.41) is 26.2. The summed E-state index contributed by atoms with van der Waals surface area (Å²) in [4.78, 5) is 85.9. The topological polar surface area (TPSA) is 364 Å². The lowest BCUT2D eigenvalue weighted by molar-refractivity contribution is -0.137. The van der Waals surface area contributed by atoms with Gasteiger partial charge in [0.05, 0.1) is 19.5 Å². The van der Waals surface area contributed by atoms with Crippen LogP contribution in [0.1, 0.15) is 26.5 Å². The van der Waals surface area contributed by atoms with Crippen molar-refractivity contribution in [2.45, 2.75) is 50.9 Å². The molecule has 51 heavy (non-hydrogen) atoms. The number of phosphoric ester groups is 3. The van der Waals surface area contributed by atoms with Crippen LogP contribution < -0.4 is 16.4 Å². The van der Waals surface area contributed by atoms with Crippen molar-refractivity contribution in [1.29, 1.82) is 0 Å². The quantitative estimate of drug-likeness (QED) is 0.0378. The summed E-state index contributed by atoms with van der Waals surface area (Å²) in [7, 11) is -16.4. The number of hydrogen-bond donors (Lipinski definition) is 9. The summed E-state index contributed by atoms with van der Waals surface area (Å²) in [6.45, 7) is 0.510. The smallest absolute Gasteiger partial charge is 0.386 e. The third kappa shape index (κ3) is 13.3. The van der Waals surface area contributed by atoms with E-state index in [1.807, 2.05) is 0 Å². The van der Waals surface area contributed by atoms with Gasteiger partial charge in [0.25, 0.3) is 0 Å².